The lowest BCUT2D eigenvalue weighted by Gasteiger charge is -2.26. The van der Waals surface area contributed by atoms with E-state index in [1.54, 1.807) is 18.3 Å². The van der Waals surface area contributed by atoms with E-state index in [9.17, 15) is 4.79 Å². The number of ether oxygens (including phenoxy) is 3. The van der Waals surface area contributed by atoms with Gasteiger partial charge in [-0.3, -0.25) is 4.79 Å². The van der Waals surface area contributed by atoms with Crippen molar-refractivity contribution in [3.05, 3.63) is 30.1 Å². The van der Waals surface area contributed by atoms with E-state index < -0.39 is 12.1 Å². The van der Waals surface area contributed by atoms with Gasteiger partial charge in [0.2, 0.25) is 0 Å². The minimum absolute atomic E-state index is 0.0962. The highest BCUT2D eigenvalue weighted by Crippen LogP contribution is 2.33. The number of terminal acetylenes is 1. The SMILES string of the molecule is C#CCO[C@@H]1[C@H](OCC2CCCCC2)[C@@H](CC)O[C@H]1[n+]1cccc(C(N)=O)c1. The molecule has 0 spiro atoms. The Hall–Kier alpha value is -1.94. The first kappa shape index (κ1) is 20.8. The second-order valence-electron chi connectivity index (χ2n) is 7.66. The predicted octanol–water partition coefficient (Wildman–Crippen LogP) is 2.36. The monoisotopic (exact) mass is 387 g/mol. The Bertz CT molecular complexity index is 696. The standard InChI is InChI=1S/C22H30N2O4/c1-3-13-26-20-19(27-15-16-9-6-5-7-10-16)18(4-2)28-22(20)24-12-8-11-17(14-24)21(23)25/h1,8,11-12,14,16,18-20,22H,4-7,9-10,13,15H2,2H3,(H-,23,25)/p+1/t18-,19-,20-,22-/m1/s1. The third-order valence-electron chi connectivity index (χ3n) is 5.70. The third kappa shape index (κ3) is 4.91. The number of rotatable bonds is 8. The fourth-order valence-corrected chi connectivity index (χ4v) is 4.20. The smallest absolute Gasteiger partial charge is 0.292 e. The summed E-state index contributed by atoms with van der Waals surface area (Å²) in [5.41, 5.74) is 5.85. The molecule has 3 rings (SSSR count). The van der Waals surface area contributed by atoms with E-state index in [0.29, 0.717) is 11.5 Å². The maximum atomic E-state index is 11.6. The molecule has 1 amide bonds. The van der Waals surface area contributed by atoms with E-state index in [4.69, 9.17) is 26.4 Å². The van der Waals surface area contributed by atoms with Gasteiger partial charge in [0.15, 0.2) is 18.5 Å². The Morgan fingerprint density at radius 1 is 1.32 bits per heavy atom. The van der Waals surface area contributed by atoms with Crippen LogP contribution in [0.15, 0.2) is 24.5 Å². The first-order valence-corrected chi connectivity index (χ1v) is 10.3. The van der Waals surface area contributed by atoms with Gasteiger partial charge in [0.05, 0.1) is 12.7 Å². The zero-order valence-electron chi connectivity index (χ0n) is 16.6. The van der Waals surface area contributed by atoms with E-state index >= 15 is 0 Å². The number of nitrogens with zero attached hydrogens (tertiary/aromatic N) is 1. The Labute approximate surface area is 167 Å². The van der Waals surface area contributed by atoms with Gasteiger partial charge < -0.3 is 19.9 Å². The van der Waals surface area contributed by atoms with Crippen molar-refractivity contribution in [3.8, 4) is 12.3 Å². The summed E-state index contributed by atoms with van der Waals surface area (Å²) in [6.45, 7) is 2.98. The van der Waals surface area contributed by atoms with Gasteiger partial charge in [0.25, 0.3) is 12.1 Å². The maximum absolute atomic E-state index is 11.6. The van der Waals surface area contributed by atoms with Crippen LogP contribution in [0.1, 0.15) is 62.0 Å². The third-order valence-corrected chi connectivity index (χ3v) is 5.70. The van der Waals surface area contributed by atoms with Crippen molar-refractivity contribution in [3.63, 3.8) is 0 Å². The molecule has 1 saturated heterocycles. The van der Waals surface area contributed by atoms with Crippen LogP contribution in [0.2, 0.25) is 0 Å². The fourth-order valence-electron chi connectivity index (χ4n) is 4.20. The number of nitrogens with two attached hydrogens (primary N) is 1. The van der Waals surface area contributed by atoms with Gasteiger partial charge in [-0.05, 0) is 31.2 Å². The molecule has 6 nitrogen and oxygen atoms in total. The van der Waals surface area contributed by atoms with E-state index in [1.165, 1.54) is 32.1 Å². The lowest BCUT2D eigenvalue weighted by Crippen LogP contribution is -2.48. The van der Waals surface area contributed by atoms with Gasteiger partial charge in [-0.1, -0.05) is 32.1 Å². The molecule has 0 aromatic carbocycles. The van der Waals surface area contributed by atoms with Crippen LogP contribution in [-0.4, -0.2) is 37.4 Å². The van der Waals surface area contributed by atoms with Gasteiger partial charge in [-0.25, -0.2) is 0 Å². The lowest BCUT2D eigenvalue weighted by atomic mass is 9.90. The number of pyridine rings is 1. The normalized spacial score (nSPS) is 28.1. The molecule has 2 fully saturated rings. The molecule has 1 aromatic rings. The van der Waals surface area contributed by atoms with Crippen LogP contribution >= 0.6 is 0 Å². The molecule has 2 heterocycles. The highest BCUT2D eigenvalue weighted by Gasteiger charge is 2.51. The van der Waals surface area contributed by atoms with E-state index in [0.717, 1.165) is 13.0 Å². The minimum Gasteiger partial charge on any atom is -0.372 e. The van der Waals surface area contributed by atoms with Crippen LogP contribution in [0.3, 0.4) is 0 Å². The van der Waals surface area contributed by atoms with Gasteiger partial charge in [-0.15, -0.1) is 6.42 Å². The van der Waals surface area contributed by atoms with Gasteiger partial charge in [-0.2, -0.15) is 4.57 Å². The van der Waals surface area contributed by atoms with Crippen molar-refractivity contribution < 1.29 is 23.6 Å². The van der Waals surface area contributed by atoms with E-state index in [2.05, 4.69) is 12.8 Å². The molecular weight excluding hydrogens is 356 g/mol. The second-order valence-corrected chi connectivity index (χ2v) is 7.66. The van der Waals surface area contributed by atoms with Gasteiger partial charge >= 0.3 is 0 Å². The molecule has 4 atom stereocenters. The second kappa shape index (κ2) is 10.0. The topological polar surface area (TPSA) is 74.7 Å². The summed E-state index contributed by atoms with van der Waals surface area (Å²) in [5.74, 6) is 2.66. The molecule has 28 heavy (non-hydrogen) atoms. The maximum Gasteiger partial charge on any atom is 0.292 e. The number of carbonyl (C=O) groups is 1. The molecule has 152 valence electrons. The Morgan fingerprint density at radius 3 is 2.79 bits per heavy atom. The molecule has 0 unspecified atom stereocenters. The summed E-state index contributed by atoms with van der Waals surface area (Å²) in [6, 6.07) is 3.46. The average Bonchev–Trinajstić information content (AvgIpc) is 3.09. The number of primary amides is 1. The quantitative estimate of drug-likeness (QED) is 0.549. The van der Waals surface area contributed by atoms with Crippen molar-refractivity contribution in [2.24, 2.45) is 11.7 Å². The Balaban J connectivity index is 1.78. The van der Waals surface area contributed by atoms with Gasteiger partial charge in [0.1, 0.15) is 18.3 Å². The number of amides is 1. The van der Waals surface area contributed by atoms with Crippen molar-refractivity contribution in [2.45, 2.75) is 70.0 Å². The van der Waals surface area contributed by atoms with Crippen molar-refractivity contribution >= 4 is 5.91 Å². The molecule has 0 bridgehead atoms. The molecule has 1 aliphatic heterocycles. The molecule has 1 saturated carbocycles. The summed E-state index contributed by atoms with van der Waals surface area (Å²) < 4.78 is 20.5. The van der Waals surface area contributed by atoms with Gasteiger partial charge in [0, 0.05) is 6.07 Å². The van der Waals surface area contributed by atoms with Crippen LogP contribution in [0, 0.1) is 18.3 Å². The van der Waals surface area contributed by atoms with Crippen LogP contribution in [0.4, 0.5) is 0 Å². The fraction of sp³-hybridized carbons (Fsp3) is 0.636. The summed E-state index contributed by atoms with van der Waals surface area (Å²) in [6.07, 6.45) is 15.0. The summed E-state index contributed by atoms with van der Waals surface area (Å²) in [7, 11) is 0. The average molecular weight is 388 g/mol. The molecule has 6 heteroatoms. The Morgan fingerprint density at radius 2 is 2.11 bits per heavy atom. The highest BCUT2D eigenvalue weighted by atomic mass is 16.6. The van der Waals surface area contributed by atoms with Crippen molar-refractivity contribution in [1.82, 2.24) is 0 Å². The Kier molecular flexibility index (Phi) is 7.43. The van der Waals surface area contributed by atoms with Crippen LogP contribution in [-0.2, 0) is 14.2 Å². The molecule has 1 aromatic heterocycles. The minimum atomic E-state index is -0.481. The van der Waals surface area contributed by atoms with Crippen LogP contribution in [0.5, 0.6) is 0 Å². The first-order valence-electron chi connectivity index (χ1n) is 10.3. The lowest BCUT2D eigenvalue weighted by molar-refractivity contribution is -0.766. The zero-order valence-corrected chi connectivity index (χ0v) is 16.6. The van der Waals surface area contributed by atoms with Crippen LogP contribution in [0.25, 0.3) is 0 Å². The largest absolute Gasteiger partial charge is 0.372 e. The highest BCUT2D eigenvalue weighted by molar-refractivity contribution is 5.92. The van der Waals surface area contributed by atoms with E-state index in [1.807, 2.05) is 10.8 Å². The number of hydrogen-bond donors (Lipinski definition) is 1. The van der Waals surface area contributed by atoms with Crippen LogP contribution < -0.4 is 10.3 Å². The summed E-state index contributed by atoms with van der Waals surface area (Å²) in [5, 5.41) is 0. The zero-order chi connectivity index (χ0) is 19.9. The number of aromatic nitrogens is 1. The summed E-state index contributed by atoms with van der Waals surface area (Å²) >= 11 is 0. The van der Waals surface area contributed by atoms with Crippen molar-refractivity contribution in [1.29, 1.82) is 0 Å². The number of hydrogen-bond acceptors (Lipinski definition) is 4. The molecular formula is C22H31N2O4+. The molecule has 2 N–H and O–H groups in total. The molecule has 0 radical (unpaired) electrons. The molecule has 1 aliphatic carbocycles. The predicted molar refractivity (Wildman–Crippen MR) is 104 cm³/mol. The van der Waals surface area contributed by atoms with Crippen molar-refractivity contribution in [2.75, 3.05) is 13.2 Å². The number of carbonyl (C=O) groups excluding carboxylic acids is 1. The molecule has 2 aliphatic rings. The first-order chi connectivity index (χ1) is 13.6. The van der Waals surface area contributed by atoms with E-state index in [-0.39, 0.29) is 24.9 Å². The summed E-state index contributed by atoms with van der Waals surface area (Å²) in [4.78, 5) is 11.6.